The van der Waals surface area contributed by atoms with E-state index in [1.165, 1.54) is 25.7 Å². The van der Waals surface area contributed by atoms with E-state index in [-0.39, 0.29) is 0 Å². The average Bonchev–Trinajstić information content (AvgIpc) is 2.84. The molecule has 0 unspecified atom stereocenters. The Bertz CT molecular complexity index is 576. The topological polar surface area (TPSA) is 53.9 Å². The number of aromatic nitrogens is 3. The van der Waals surface area contributed by atoms with Gasteiger partial charge in [0.2, 0.25) is 5.95 Å². The van der Waals surface area contributed by atoms with E-state index in [2.05, 4.69) is 37.3 Å². The van der Waals surface area contributed by atoms with E-state index in [1.807, 2.05) is 6.20 Å². The Balaban J connectivity index is 1.57. The fourth-order valence-electron chi connectivity index (χ4n) is 2.59. The summed E-state index contributed by atoms with van der Waals surface area (Å²) in [6, 6.07) is 4.12. The van der Waals surface area contributed by atoms with Crippen molar-refractivity contribution in [2.75, 3.05) is 23.3 Å². The van der Waals surface area contributed by atoms with Crippen LogP contribution in [-0.2, 0) is 6.54 Å². The molecular formula is C16H20FN5. The number of rotatable bonds is 4. The van der Waals surface area contributed by atoms with Crippen molar-refractivity contribution < 1.29 is 4.39 Å². The molecule has 1 saturated heterocycles. The van der Waals surface area contributed by atoms with E-state index in [4.69, 9.17) is 0 Å². The Morgan fingerprint density at radius 2 is 1.68 bits per heavy atom. The first-order chi connectivity index (χ1) is 10.8. The lowest BCUT2D eigenvalue weighted by atomic mass is 10.2. The summed E-state index contributed by atoms with van der Waals surface area (Å²) >= 11 is 0. The first-order valence-corrected chi connectivity index (χ1v) is 7.72. The number of hydrogen-bond acceptors (Lipinski definition) is 5. The SMILES string of the molecule is Fc1cnc(NCc2ccc(N3CCCCCC3)nc2)nc1. The third kappa shape index (κ3) is 3.90. The lowest BCUT2D eigenvalue weighted by molar-refractivity contribution is 0.614. The highest BCUT2D eigenvalue weighted by molar-refractivity contribution is 5.40. The Morgan fingerprint density at radius 3 is 2.32 bits per heavy atom. The molecule has 22 heavy (non-hydrogen) atoms. The fraction of sp³-hybridized carbons (Fsp3) is 0.438. The van der Waals surface area contributed by atoms with Crippen LogP contribution >= 0.6 is 0 Å². The zero-order chi connectivity index (χ0) is 15.2. The highest BCUT2D eigenvalue weighted by Gasteiger charge is 2.10. The molecule has 0 amide bonds. The van der Waals surface area contributed by atoms with Crippen LogP contribution in [0.3, 0.4) is 0 Å². The van der Waals surface area contributed by atoms with Crippen molar-refractivity contribution in [2.24, 2.45) is 0 Å². The third-order valence-electron chi connectivity index (χ3n) is 3.81. The molecule has 3 rings (SSSR count). The van der Waals surface area contributed by atoms with Crippen molar-refractivity contribution in [3.05, 3.63) is 42.1 Å². The smallest absolute Gasteiger partial charge is 0.223 e. The summed E-state index contributed by atoms with van der Waals surface area (Å²) in [5.41, 5.74) is 1.05. The van der Waals surface area contributed by atoms with Crippen LogP contribution in [0.25, 0.3) is 0 Å². The molecule has 0 aromatic carbocycles. The second-order valence-corrected chi connectivity index (χ2v) is 5.50. The van der Waals surface area contributed by atoms with Crippen LogP contribution in [0.1, 0.15) is 31.2 Å². The molecule has 6 heteroatoms. The largest absolute Gasteiger partial charge is 0.357 e. The van der Waals surface area contributed by atoms with E-state index in [0.29, 0.717) is 12.5 Å². The minimum atomic E-state index is -0.436. The number of pyridine rings is 1. The molecule has 3 heterocycles. The van der Waals surface area contributed by atoms with Gasteiger partial charge in [-0.25, -0.2) is 19.3 Å². The normalized spacial score (nSPS) is 15.4. The summed E-state index contributed by atoms with van der Waals surface area (Å²) < 4.78 is 12.7. The van der Waals surface area contributed by atoms with Crippen LogP contribution in [-0.4, -0.2) is 28.0 Å². The molecule has 0 radical (unpaired) electrons. The zero-order valence-electron chi connectivity index (χ0n) is 12.5. The second kappa shape index (κ2) is 7.15. The summed E-state index contributed by atoms with van der Waals surface area (Å²) in [6.45, 7) is 2.75. The van der Waals surface area contributed by atoms with Gasteiger partial charge < -0.3 is 10.2 Å². The molecule has 116 valence electrons. The summed E-state index contributed by atoms with van der Waals surface area (Å²) in [7, 11) is 0. The third-order valence-corrected chi connectivity index (χ3v) is 3.81. The maximum absolute atomic E-state index is 12.7. The Kier molecular flexibility index (Phi) is 4.78. The van der Waals surface area contributed by atoms with Crippen molar-refractivity contribution in [3.63, 3.8) is 0 Å². The Morgan fingerprint density at radius 1 is 0.955 bits per heavy atom. The van der Waals surface area contributed by atoms with Gasteiger partial charge in [0.05, 0.1) is 12.4 Å². The van der Waals surface area contributed by atoms with Crippen molar-refractivity contribution in [1.82, 2.24) is 15.0 Å². The maximum atomic E-state index is 12.7. The molecule has 0 aliphatic carbocycles. The number of nitrogens with zero attached hydrogens (tertiary/aromatic N) is 4. The standard InChI is InChI=1S/C16H20FN5/c17-14-11-20-16(21-12-14)19-10-13-5-6-15(18-9-13)22-7-3-1-2-4-8-22/h5-6,9,11-12H,1-4,7-8,10H2,(H,19,20,21). The van der Waals surface area contributed by atoms with Gasteiger partial charge in [-0.15, -0.1) is 0 Å². The van der Waals surface area contributed by atoms with E-state index < -0.39 is 5.82 Å². The van der Waals surface area contributed by atoms with Crippen LogP contribution < -0.4 is 10.2 Å². The van der Waals surface area contributed by atoms with Gasteiger partial charge in [0.15, 0.2) is 5.82 Å². The summed E-state index contributed by atoms with van der Waals surface area (Å²) in [5.74, 6) is 1.02. The fourth-order valence-corrected chi connectivity index (χ4v) is 2.59. The minimum Gasteiger partial charge on any atom is -0.357 e. The zero-order valence-corrected chi connectivity index (χ0v) is 12.5. The number of nitrogens with one attached hydrogen (secondary N) is 1. The van der Waals surface area contributed by atoms with E-state index in [9.17, 15) is 4.39 Å². The van der Waals surface area contributed by atoms with E-state index in [0.717, 1.165) is 36.9 Å². The van der Waals surface area contributed by atoms with Crippen LogP contribution in [0.15, 0.2) is 30.7 Å². The minimum absolute atomic E-state index is 0.415. The van der Waals surface area contributed by atoms with Gasteiger partial charge in [0, 0.05) is 25.8 Å². The molecule has 1 fully saturated rings. The molecule has 0 bridgehead atoms. The number of halogens is 1. The van der Waals surface area contributed by atoms with E-state index in [1.54, 1.807) is 0 Å². The molecule has 2 aromatic heterocycles. The molecule has 1 N–H and O–H groups in total. The predicted molar refractivity (Wildman–Crippen MR) is 84.2 cm³/mol. The lowest BCUT2D eigenvalue weighted by Crippen LogP contribution is -2.24. The van der Waals surface area contributed by atoms with Gasteiger partial charge >= 0.3 is 0 Å². The van der Waals surface area contributed by atoms with Crippen LogP contribution in [0, 0.1) is 5.82 Å². The molecule has 5 nitrogen and oxygen atoms in total. The number of hydrogen-bond donors (Lipinski definition) is 1. The van der Waals surface area contributed by atoms with Gasteiger partial charge in [0.1, 0.15) is 5.82 Å². The van der Waals surface area contributed by atoms with Gasteiger partial charge in [-0.05, 0) is 24.5 Å². The van der Waals surface area contributed by atoms with Crippen molar-refractivity contribution >= 4 is 11.8 Å². The highest BCUT2D eigenvalue weighted by Crippen LogP contribution is 2.17. The average molecular weight is 301 g/mol. The Labute approximate surface area is 129 Å². The predicted octanol–water partition coefficient (Wildman–Crippen LogP) is 3.00. The van der Waals surface area contributed by atoms with Crippen molar-refractivity contribution in [1.29, 1.82) is 0 Å². The Hall–Kier alpha value is -2.24. The van der Waals surface area contributed by atoms with Crippen LogP contribution in [0.2, 0.25) is 0 Å². The summed E-state index contributed by atoms with van der Waals surface area (Å²) in [4.78, 5) is 14.6. The number of anilines is 2. The first-order valence-electron chi connectivity index (χ1n) is 7.72. The van der Waals surface area contributed by atoms with Gasteiger partial charge in [-0.3, -0.25) is 0 Å². The molecule has 0 spiro atoms. The summed E-state index contributed by atoms with van der Waals surface area (Å²) in [6.07, 6.45) is 9.29. The monoisotopic (exact) mass is 301 g/mol. The van der Waals surface area contributed by atoms with Crippen LogP contribution in [0.5, 0.6) is 0 Å². The van der Waals surface area contributed by atoms with Gasteiger partial charge in [-0.2, -0.15) is 0 Å². The molecule has 0 saturated carbocycles. The molecular weight excluding hydrogens is 281 g/mol. The van der Waals surface area contributed by atoms with E-state index >= 15 is 0 Å². The van der Waals surface area contributed by atoms with Gasteiger partial charge in [0.25, 0.3) is 0 Å². The quantitative estimate of drug-likeness (QED) is 0.941. The molecule has 1 aliphatic heterocycles. The lowest BCUT2D eigenvalue weighted by Gasteiger charge is -2.21. The maximum Gasteiger partial charge on any atom is 0.223 e. The second-order valence-electron chi connectivity index (χ2n) is 5.50. The first kappa shape index (κ1) is 14.7. The highest BCUT2D eigenvalue weighted by atomic mass is 19.1. The van der Waals surface area contributed by atoms with Crippen molar-refractivity contribution in [2.45, 2.75) is 32.2 Å². The van der Waals surface area contributed by atoms with Crippen molar-refractivity contribution in [3.8, 4) is 0 Å². The van der Waals surface area contributed by atoms with Gasteiger partial charge in [-0.1, -0.05) is 18.9 Å². The summed E-state index contributed by atoms with van der Waals surface area (Å²) in [5, 5.41) is 3.05. The molecule has 0 atom stereocenters. The molecule has 2 aromatic rings. The van der Waals surface area contributed by atoms with Crippen LogP contribution in [0.4, 0.5) is 16.2 Å². The molecule has 1 aliphatic rings.